The van der Waals surface area contributed by atoms with Gasteiger partial charge in [0.15, 0.2) is 12.4 Å². The maximum Gasteiger partial charge on any atom is 0.314 e. The van der Waals surface area contributed by atoms with Gasteiger partial charge in [-0.25, -0.2) is 0 Å². The van der Waals surface area contributed by atoms with Crippen molar-refractivity contribution in [1.82, 2.24) is 0 Å². The van der Waals surface area contributed by atoms with E-state index >= 15 is 0 Å². The van der Waals surface area contributed by atoms with E-state index in [1.807, 2.05) is 44.2 Å². The lowest BCUT2D eigenvalue weighted by Crippen LogP contribution is -2.28. The lowest BCUT2D eigenvalue weighted by molar-refractivity contribution is -0.150. The van der Waals surface area contributed by atoms with Gasteiger partial charge in [-0.05, 0) is 18.4 Å². The topological polar surface area (TPSA) is 91.0 Å². The predicted octanol–water partition coefficient (Wildman–Crippen LogP) is 3.11. The van der Waals surface area contributed by atoms with Gasteiger partial charge >= 0.3 is 5.97 Å². The number of hydrogen-bond acceptors (Lipinski definition) is 5. The summed E-state index contributed by atoms with van der Waals surface area (Å²) in [7, 11) is 0. The number of hydrogen-bond donors (Lipinski definition) is 1. The average Bonchev–Trinajstić information content (AvgIpc) is 2.54. The number of carbonyl (C=O) groups excluding carboxylic acids is 2. The van der Waals surface area contributed by atoms with E-state index in [0.29, 0.717) is 0 Å². The summed E-state index contributed by atoms with van der Waals surface area (Å²) in [5.41, 5.74) is 0.800. The van der Waals surface area contributed by atoms with E-state index < -0.39 is 30.2 Å². The minimum absolute atomic E-state index is 0.0462. The van der Waals surface area contributed by atoms with E-state index in [2.05, 4.69) is 0 Å². The smallest absolute Gasteiger partial charge is 0.314 e. The second-order valence-electron chi connectivity index (χ2n) is 5.59. The second-order valence-corrected chi connectivity index (χ2v) is 5.59. The molecule has 3 atom stereocenters. The van der Waals surface area contributed by atoms with Gasteiger partial charge in [0.1, 0.15) is 5.92 Å². The van der Waals surface area contributed by atoms with Crippen LogP contribution in [0.4, 0.5) is 0 Å². The molecule has 0 bridgehead atoms. The molecule has 0 amide bonds. The van der Waals surface area contributed by atoms with Crippen molar-refractivity contribution in [2.75, 3.05) is 6.61 Å². The van der Waals surface area contributed by atoms with E-state index in [0.717, 1.165) is 12.0 Å². The molecule has 0 aliphatic rings. The van der Waals surface area contributed by atoms with Crippen LogP contribution in [-0.2, 0) is 14.3 Å². The Kier molecular flexibility index (Phi) is 7.14. The zero-order valence-corrected chi connectivity index (χ0v) is 13.7. The molecule has 1 aromatic rings. The lowest BCUT2D eigenvalue weighted by atomic mass is 9.85. The highest BCUT2D eigenvalue weighted by atomic mass is 16.5. The van der Waals surface area contributed by atoms with Crippen LogP contribution in [0.15, 0.2) is 30.3 Å². The average molecular weight is 314 g/mol. The van der Waals surface area contributed by atoms with Crippen LogP contribution in [0.5, 0.6) is 0 Å². The number of rotatable bonds is 8. The van der Waals surface area contributed by atoms with Gasteiger partial charge < -0.3 is 10.1 Å². The molecule has 0 aliphatic heterocycles. The first-order valence-corrected chi connectivity index (χ1v) is 7.61. The Bertz CT molecular complexity index is 604. The summed E-state index contributed by atoms with van der Waals surface area (Å²) in [6, 6.07) is 11.1. The van der Waals surface area contributed by atoms with Crippen molar-refractivity contribution in [1.29, 1.82) is 10.7 Å². The number of nitriles is 1. The van der Waals surface area contributed by atoms with Crippen LogP contribution in [0.25, 0.3) is 0 Å². The number of Topliss-reactive ketones (excluding diaryl/α,β-unsaturated/α-hetero) is 1. The Hall–Kier alpha value is -2.48. The maximum atomic E-state index is 12.4. The van der Waals surface area contributed by atoms with E-state index in [1.165, 1.54) is 6.92 Å². The molecule has 1 N–H and O–H groups in total. The number of ketones is 1. The van der Waals surface area contributed by atoms with E-state index in [-0.39, 0.29) is 11.6 Å². The molecule has 0 aromatic heterocycles. The summed E-state index contributed by atoms with van der Waals surface area (Å²) in [6.45, 7) is 4.86. The molecule has 5 nitrogen and oxygen atoms in total. The van der Waals surface area contributed by atoms with Gasteiger partial charge in [0.2, 0.25) is 0 Å². The minimum atomic E-state index is -1.15. The molecule has 0 unspecified atom stereocenters. The van der Waals surface area contributed by atoms with Crippen LogP contribution in [0.2, 0.25) is 0 Å². The molecule has 0 radical (unpaired) electrons. The molecule has 1 aromatic carbocycles. The molecule has 122 valence electrons. The fraction of sp³-hybridized carbons (Fsp3) is 0.444. The van der Waals surface area contributed by atoms with Gasteiger partial charge in [0.25, 0.3) is 0 Å². The van der Waals surface area contributed by atoms with Crippen molar-refractivity contribution >= 4 is 17.5 Å². The third-order valence-corrected chi connectivity index (χ3v) is 3.87. The first-order valence-electron chi connectivity index (χ1n) is 7.61. The van der Waals surface area contributed by atoms with Crippen LogP contribution in [-0.4, -0.2) is 24.1 Å². The molecule has 0 aliphatic carbocycles. The van der Waals surface area contributed by atoms with Crippen molar-refractivity contribution in [3.8, 4) is 6.07 Å². The fourth-order valence-corrected chi connectivity index (χ4v) is 2.32. The quantitative estimate of drug-likeness (QED) is 0.589. The third-order valence-electron chi connectivity index (χ3n) is 3.87. The first kappa shape index (κ1) is 18.6. The Morgan fingerprint density at radius 2 is 1.91 bits per heavy atom. The zero-order valence-electron chi connectivity index (χ0n) is 13.7. The predicted molar refractivity (Wildman–Crippen MR) is 87.1 cm³/mol. The number of esters is 1. The first-order chi connectivity index (χ1) is 10.9. The highest BCUT2D eigenvalue weighted by Gasteiger charge is 2.29. The molecule has 0 heterocycles. The van der Waals surface area contributed by atoms with Crippen molar-refractivity contribution in [2.24, 2.45) is 11.8 Å². The van der Waals surface area contributed by atoms with Crippen molar-refractivity contribution in [3.63, 3.8) is 0 Å². The van der Waals surface area contributed by atoms with Crippen LogP contribution in [0.1, 0.15) is 38.7 Å². The number of nitrogens with one attached hydrogen (secondary N) is 1. The van der Waals surface area contributed by atoms with Gasteiger partial charge in [-0.1, -0.05) is 50.6 Å². The van der Waals surface area contributed by atoms with Crippen LogP contribution < -0.4 is 0 Å². The van der Waals surface area contributed by atoms with Crippen molar-refractivity contribution < 1.29 is 14.3 Å². The molecule has 1 rings (SSSR count). The van der Waals surface area contributed by atoms with Gasteiger partial charge in [0.05, 0.1) is 12.0 Å². The lowest BCUT2D eigenvalue weighted by Gasteiger charge is -2.22. The van der Waals surface area contributed by atoms with E-state index in [4.69, 9.17) is 15.4 Å². The number of ether oxygens (including phenoxy) is 1. The molecule has 0 saturated heterocycles. The summed E-state index contributed by atoms with van der Waals surface area (Å²) in [5, 5.41) is 16.3. The van der Waals surface area contributed by atoms with Crippen LogP contribution in [0, 0.1) is 28.6 Å². The largest absolute Gasteiger partial charge is 0.457 e. The molecule has 5 heteroatoms. The summed E-state index contributed by atoms with van der Waals surface area (Å²) >= 11 is 0. The Morgan fingerprint density at radius 1 is 1.30 bits per heavy atom. The minimum Gasteiger partial charge on any atom is -0.457 e. The Labute approximate surface area is 136 Å². The summed E-state index contributed by atoms with van der Waals surface area (Å²) < 4.78 is 5.14. The summed E-state index contributed by atoms with van der Waals surface area (Å²) in [6.07, 6.45) is 0.795. The highest BCUT2D eigenvalue weighted by molar-refractivity contribution is 6.06. The van der Waals surface area contributed by atoms with Crippen LogP contribution >= 0.6 is 0 Å². The van der Waals surface area contributed by atoms with Crippen molar-refractivity contribution in [3.05, 3.63) is 35.9 Å². The van der Waals surface area contributed by atoms with Crippen LogP contribution in [0.3, 0.4) is 0 Å². The fourth-order valence-electron chi connectivity index (χ4n) is 2.32. The molecule has 0 spiro atoms. The third kappa shape index (κ3) is 5.03. The van der Waals surface area contributed by atoms with Gasteiger partial charge in [-0.3, -0.25) is 9.59 Å². The molecular formula is C18H22N2O3. The second kappa shape index (κ2) is 8.84. The molecule has 23 heavy (non-hydrogen) atoms. The number of nitrogens with zero attached hydrogens (tertiary/aromatic N) is 1. The monoisotopic (exact) mass is 314 g/mol. The van der Waals surface area contributed by atoms with E-state index in [1.54, 1.807) is 6.07 Å². The maximum absolute atomic E-state index is 12.4. The summed E-state index contributed by atoms with van der Waals surface area (Å²) in [5.74, 6) is -2.57. The van der Waals surface area contributed by atoms with Gasteiger partial charge in [0, 0.05) is 5.71 Å². The molecule has 0 saturated carbocycles. The molecule has 0 fully saturated rings. The normalized spacial score (nSPS) is 14.2. The number of carbonyl (C=O) groups is 2. The standard InChI is InChI=1S/C18H22N2O3/c1-4-12(2)17(14-8-6-5-7-9-14)18(22)23-11-16(21)15(10-19)13(3)20/h5-9,12,15,17,20H,4,11H2,1-3H3/t12-,15+,17-/m0/s1. The SMILES string of the molecule is CC[C@H](C)[C@H](C(=O)OCC(=O)[C@H](C#N)C(C)=N)c1ccccc1. The van der Waals surface area contributed by atoms with E-state index in [9.17, 15) is 9.59 Å². The molecular weight excluding hydrogens is 292 g/mol. The Balaban J connectivity index is 2.82. The summed E-state index contributed by atoms with van der Waals surface area (Å²) in [4.78, 5) is 24.3. The zero-order chi connectivity index (χ0) is 17.4. The Morgan fingerprint density at radius 3 is 2.39 bits per heavy atom. The van der Waals surface area contributed by atoms with Gasteiger partial charge in [-0.2, -0.15) is 5.26 Å². The highest BCUT2D eigenvalue weighted by Crippen LogP contribution is 2.28. The number of benzene rings is 1. The van der Waals surface area contributed by atoms with Crippen molar-refractivity contribution in [2.45, 2.75) is 33.1 Å². The van der Waals surface area contributed by atoms with Gasteiger partial charge in [-0.15, -0.1) is 0 Å².